The van der Waals surface area contributed by atoms with Gasteiger partial charge in [-0.3, -0.25) is 4.79 Å². The number of hydrogen-bond acceptors (Lipinski definition) is 3. The summed E-state index contributed by atoms with van der Waals surface area (Å²) >= 11 is 0. The lowest BCUT2D eigenvalue weighted by atomic mass is 10.0. The second-order valence-electron chi connectivity index (χ2n) is 5.08. The Balaban J connectivity index is 2.87. The average molecular weight is 316 g/mol. The lowest BCUT2D eigenvalue weighted by molar-refractivity contribution is -0.122. The molecule has 0 fully saturated rings. The predicted octanol–water partition coefficient (Wildman–Crippen LogP) is 1.72. The predicted molar refractivity (Wildman–Crippen MR) is 79.6 cm³/mol. The van der Waals surface area contributed by atoms with Crippen molar-refractivity contribution >= 4 is 15.9 Å². The summed E-state index contributed by atoms with van der Waals surface area (Å²) in [5, 5.41) is 2.78. The van der Waals surface area contributed by atoms with Gasteiger partial charge in [0.15, 0.2) is 0 Å². The summed E-state index contributed by atoms with van der Waals surface area (Å²) in [5.74, 6) is -0.671. The van der Waals surface area contributed by atoms with Gasteiger partial charge in [-0.15, -0.1) is 0 Å². The van der Waals surface area contributed by atoms with Crippen LogP contribution in [0.15, 0.2) is 24.3 Å². The Kier molecular flexibility index (Phi) is 6.29. The lowest BCUT2D eigenvalue weighted by Crippen LogP contribution is -2.36. The molecule has 0 aliphatic carbocycles. The molecule has 0 radical (unpaired) electrons. The molecule has 0 aromatic heterocycles. The van der Waals surface area contributed by atoms with Crippen LogP contribution in [0.5, 0.6) is 0 Å². The van der Waals surface area contributed by atoms with E-state index in [1.165, 1.54) is 24.3 Å². The van der Waals surface area contributed by atoms with Gasteiger partial charge in [0, 0.05) is 12.5 Å². The number of hydrogen-bond donors (Lipinski definition) is 2. The van der Waals surface area contributed by atoms with E-state index in [2.05, 4.69) is 10.0 Å². The van der Waals surface area contributed by atoms with Crippen LogP contribution >= 0.6 is 0 Å². The normalized spacial score (nSPS) is 14.5. The molecular weight excluding hydrogens is 295 g/mol. The molecule has 2 N–H and O–H groups in total. The quantitative estimate of drug-likeness (QED) is 0.804. The minimum atomic E-state index is -3.49. The molecule has 0 saturated carbocycles. The monoisotopic (exact) mass is 316 g/mol. The number of sulfonamides is 1. The van der Waals surface area contributed by atoms with Crippen LogP contribution in [0.4, 0.5) is 4.39 Å². The molecule has 0 spiro atoms. The molecule has 0 heterocycles. The van der Waals surface area contributed by atoms with Crippen LogP contribution in [0.25, 0.3) is 0 Å². The Labute approximate surface area is 125 Å². The lowest BCUT2D eigenvalue weighted by Gasteiger charge is -2.19. The Morgan fingerprint density at radius 2 is 1.86 bits per heavy atom. The first-order valence-electron chi connectivity index (χ1n) is 6.73. The minimum Gasteiger partial charge on any atom is -0.354 e. The van der Waals surface area contributed by atoms with E-state index in [1.54, 1.807) is 0 Å². The zero-order valence-electron chi connectivity index (χ0n) is 12.4. The van der Waals surface area contributed by atoms with Gasteiger partial charge in [-0.2, -0.15) is 0 Å². The molecule has 118 valence electrons. The summed E-state index contributed by atoms with van der Waals surface area (Å²) in [5.41, 5.74) is 0.543. The molecule has 0 bridgehead atoms. The molecular formula is C14H21FN2O3S. The van der Waals surface area contributed by atoms with Crippen LogP contribution in [0.2, 0.25) is 0 Å². The summed E-state index contributed by atoms with van der Waals surface area (Å²) in [7, 11) is -3.49. The van der Waals surface area contributed by atoms with E-state index in [9.17, 15) is 17.6 Å². The molecule has 1 aromatic carbocycles. The fourth-order valence-corrected chi connectivity index (χ4v) is 2.54. The molecule has 0 aliphatic heterocycles. The van der Waals surface area contributed by atoms with E-state index in [1.807, 2.05) is 13.8 Å². The van der Waals surface area contributed by atoms with Crippen LogP contribution in [-0.2, 0) is 14.8 Å². The number of carbonyl (C=O) groups is 1. The van der Waals surface area contributed by atoms with Crippen LogP contribution < -0.4 is 10.0 Å². The van der Waals surface area contributed by atoms with Crippen molar-refractivity contribution in [1.29, 1.82) is 0 Å². The molecule has 0 unspecified atom stereocenters. The van der Waals surface area contributed by atoms with Crippen molar-refractivity contribution < 1.29 is 17.6 Å². The maximum Gasteiger partial charge on any atom is 0.222 e. The SMILES string of the molecule is CC[C@@H](C)NC(=O)C[C@H](NS(C)(=O)=O)c1ccc(F)cc1. The van der Waals surface area contributed by atoms with Crippen LogP contribution in [0.3, 0.4) is 0 Å². The van der Waals surface area contributed by atoms with E-state index in [-0.39, 0.29) is 18.4 Å². The molecule has 5 nitrogen and oxygen atoms in total. The molecule has 0 saturated heterocycles. The van der Waals surface area contributed by atoms with Gasteiger partial charge in [0.2, 0.25) is 15.9 Å². The van der Waals surface area contributed by atoms with Crippen LogP contribution in [0.1, 0.15) is 38.3 Å². The summed E-state index contributed by atoms with van der Waals surface area (Å²) in [6, 6.07) is 4.70. The Morgan fingerprint density at radius 3 is 2.33 bits per heavy atom. The van der Waals surface area contributed by atoms with E-state index < -0.39 is 21.9 Å². The Bertz CT molecular complexity index is 572. The molecule has 7 heteroatoms. The second kappa shape index (κ2) is 7.51. The van der Waals surface area contributed by atoms with Gasteiger partial charge in [-0.25, -0.2) is 17.5 Å². The number of halogens is 1. The number of amides is 1. The van der Waals surface area contributed by atoms with Gasteiger partial charge in [0.1, 0.15) is 5.82 Å². The van der Waals surface area contributed by atoms with Crippen LogP contribution in [-0.4, -0.2) is 26.6 Å². The van der Waals surface area contributed by atoms with Gasteiger partial charge in [0.25, 0.3) is 0 Å². The molecule has 1 amide bonds. The minimum absolute atomic E-state index is 0.0181. The average Bonchev–Trinajstić information content (AvgIpc) is 2.37. The van der Waals surface area contributed by atoms with Gasteiger partial charge in [-0.05, 0) is 31.0 Å². The highest BCUT2D eigenvalue weighted by atomic mass is 32.2. The molecule has 1 aromatic rings. The highest BCUT2D eigenvalue weighted by Gasteiger charge is 2.20. The number of nitrogens with one attached hydrogen (secondary N) is 2. The van der Waals surface area contributed by atoms with Crippen molar-refractivity contribution in [3.63, 3.8) is 0 Å². The first-order chi connectivity index (χ1) is 9.71. The van der Waals surface area contributed by atoms with E-state index >= 15 is 0 Å². The Morgan fingerprint density at radius 1 is 1.29 bits per heavy atom. The summed E-state index contributed by atoms with van der Waals surface area (Å²) in [6.07, 6.45) is 1.77. The van der Waals surface area contributed by atoms with Gasteiger partial charge in [-0.1, -0.05) is 19.1 Å². The third-order valence-corrected chi connectivity index (χ3v) is 3.75. The highest BCUT2D eigenvalue weighted by Crippen LogP contribution is 2.18. The van der Waals surface area contributed by atoms with Crippen LogP contribution in [0, 0.1) is 5.82 Å². The second-order valence-corrected chi connectivity index (χ2v) is 6.86. The number of carbonyl (C=O) groups excluding carboxylic acids is 1. The van der Waals surface area contributed by atoms with Crippen molar-refractivity contribution in [2.24, 2.45) is 0 Å². The zero-order chi connectivity index (χ0) is 16.0. The van der Waals surface area contributed by atoms with Crippen molar-refractivity contribution in [3.05, 3.63) is 35.6 Å². The van der Waals surface area contributed by atoms with Crippen molar-refractivity contribution in [2.45, 2.75) is 38.8 Å². The fourth-order valence-electron chi connectivity index (χ4n) is 1.80. The maximum atomic E-state index is 13.0. The van der Waals surface area contributed by atoms with E-state index in [0.29, 0.717) is 5.56 Å². The fraction of sp³-hybridized carbons (Fsp3) is 0.500. The largest absolute Gasteiger partial charge is 0.354 e. The summed E-state index contributed by atoms with van der Waals surface area (Å²) in [4.78, 5) is 11.9. The van der Waals surface area contributed by atoms with E-state index in [0.717, 1.165) is 12.7 Å². The molecule has 21 heavy (non-hydrogen) atoms. The third kappa shape index (κ3) is 6.68. The number of rotatable bonds is 7. The van der Waals surface area contributed by atoms with Gasteiger partial charge in [0.05, 0.1) is 12.3 Å². The Hall–Kier alpha value is -1.47. The van der Waals surface area contributed by atoms with Crippen molar-refractivity contribution in [3.8, 4) is 0 Å². The van der Waals surface area contributed by atoms with Crippen molar-refractivity contribution in [2.75, 3.05) is 6.26 Å². The molecule has 0 aliphatic rings. The standard InChI is InChI=1S/C14H21FN2O3S/c1-4-10(2)16-14(18)9-13(17-21(3,19)20)11-5-7-12(15)8-6-11/h5-8,10,13,17H,4,9H2,1-3H3,(H,16,18)/t10-,13+/m1/s1. The first-order valence-corrected chi connectivity index (χ1v) is 8.62. The van der Waals surface area contributed by atoms with Gasteiger partial charge < -0.3 is 5.32 Å². The summed E-state index contributed by atoms with van der Waals surface area (Å²) < 4.78 is 38.2. The topological polar surface area (TPSA) is 75.3 Å². The molecule has 2 atom stereocenters. The first kappa shape index (κ1) is 17.6. The maximum absolute atomic E-state index is 13.0. The highest BCUT2D eigenvalue weighted by molar-refractivity contribution is 7.88. The number of benzene rings is 1. The smallest absolute Gasteiger partial charge is 0.222 e. The van der Waals surface area contributed by atoms with Gasteiger partial charge >= 0.3 is 0 Å². The summed E-state index contributed by atoms with van der Waals surface area (Å²) in [6.45, 7) is 3.81. The third-order valence-electron chi connectivity index (χ3n) is 3.04. The van der Waals surface area contributed by atoms with Crippen molar-refractivity contribution in [1.82, 2.24) is 10.0 Å². The zero-order valence-corrected chi connectivity index (χ0v) is 13.2. The molecule has 1 rings (SSSR count). The van der Waals surface area contributed by atoms with E-state index in [4.69, 9.17) is 0 Å².